The Morgan fingerprint density at radius 2 is 2.04 bits per heavy atom. The number of anilines is 1. The maximum atomic E-state index is 12.5. The minimum atomic E-state index is -0.255. The van der Waals surface area contributed by atoms with Crippen molar-refractivity contribution in [3.63, 3.8) is 0 Å². The number of hydrogen-bond donors (Lipinski definition) is 0. The molecule has 8 nitrogen and oxygen atoms in total. The molecular formula is C19H25N5O3. The molecule has 0 aliphatic carbocycles. The number of hydrogen-bond acceptors (Lipinski definition) is 7. The fourth-order valence-corrected chi connectivity index (χ4v) is 3.51. The summed E-state index contributed by atoms with van der Waals surface area (Å²) in [6.45, 7) is 7.49. The molecule has 1 atom stereocenters. The Kier molecular flexibility index (Phi) is 5.07. The van der Waals surface area contributed by atoms with Crippen molar-refractivity contribution in [2.24, 2.45) is 0 Å². The molecule has 0 radical (unpaired) electrons. The molecule has 1 amide bonds. The van der Waals surface area contributed by atoms with Gasteiger partial charge in [-0.3, -0.25) is 4.79 Å². The van der Waals surface area contributed by atoms with Crippen LogP contribution in [0, 0.1) is 0 Å². The smallest absolute Gasteiger partial charge is 0.251 e. The van der Waals surface area contributed by atoms with Gasteiger partial charge < -0.3 is 19.0 Å². The third kappa shape index (κ3) is 3.66. The Morgan fingerprint density at radius 3 is 2.70 bits per heavy atom. The van der Waals surface area contributed by atoms with E-state index in [0.29, 0.717) is 44.6 Å². The van der Waals surface area contributed by atoms with Crippen LogP contribution in [0.3, 0.4) is 0 Å². The highest BCUT2D eigenvalue weighted by atomic mass is 16.5. The standard InChI is InChI=1S/C19H25N5O3/c1-13(2)17-21-22-18(27-17)14-5-3-7-20-16(14)23-8-10-24(11-9-23)19(25)15-6-4-12-26-15/h3,5,7,13,15H,4,6,8-12H2,1-2H3/t15-/m1/s1. The number of nitrogens with zero attached hydrogens (tertiary/aromatic N) is 5. The molecule has 2 aromatic rings. The molecule has 0 saturated carbocycles. The molecule has 0 aromatic carbocycles. The quantitative estimate of drug-likeness (QED) is 0.813. The molecule has 0 unspecified atom stereocenters. The number of aromatic nitrogens is 3. The Labute approximate surface area is 158 Å². The maximum Gasteiger partial charge on any atom is 0.251 e. The molecule has 2 saturated heterocycles. The predicted octanol–water partition coefficient (Wildman–Crippen LogP) is 2.08. The minimum absolute atomic E-state index is 0.117. The lowest BCUT2D eigenvalue weighted by Gasteiger charge is -2.36. The number of piperazine rings is 1. The number of amides is 1. The van der Waals surface area contributed by atoms with Crippen LogP contribution in [0.2, 0.25) is 0 Å². The molecule has 0 bridgehead atoms. The van der Waals surface area contributed by atoms with E-state index >= 15 is 0 Å². The van der Waals surface area contributed by atoms with Crippen LogP contribution in [0.5, 0.6) is 0 Å². The van der Waals surface area contributed by atoms with Crippen molar-refractivity contribution in [2.75, 3.05) is 37.7 Å². The summed E-state index contributed by atoms with van der Waals surface area (Å²) in [5.74, 6) is 2.22. The van der Waals surface area contributed by atoms with Crippen molar-refractivity contribution in [3.05, 3.63) is 24.2 Å². The molecule has 2 aromatic heterocycles. The topological polar surface area (TPSA) is 84.6 Å². The Hall–Kier alpha value is -2.48. The van der Waals surface area contributed by atoms with Crippen LogP contribution in [0.1, 0.15) is 38.5 Å². The Morgan fingerprint density at radius 1 is 1.22 bits per heavy atom. The van der Waals surface area contributed by atoms with Crippen molar-refractivity contribution >= 4 is 11.7 Å². The van der Waals surface area contributed by atoms with Crippen LogP contribution in [0.4, 0.5) is 5.82 Å². The lowest BCUT2D eigenvalue weighted by molar-refractivity contribution is -0.141. The van der Waals surface area contributed by atoms with Crippen molar-refractivity contribution in [3.8, 4) is 11.5 Å². The molecule has 0 N–H and O–H groups in total. The molecule has 2 fully saturated rings. The number of carbonyl (C=O) groups is 1. The molecule has 27 heavy (non-hydrogen) atoms. The fraction of sp³-hybridized carbons (Fsp3) is 0.579. The van der Waals surface area contributed by atoms with E-state index in [0.717, 1.165) is 24.2 Å². The van der Waals surface area contributed by atoms with Crippen LogP contribution in [0.15, 0.2) is 22.7 Å². The molecule has 0 spiro atoms. The second-order valence-corrected chi connectivity index (χ2v) is 7.29. The van der Waals surface area contributed by atoms with Gasteiger partial charge in [0.25, 0.3) is 11.8 Å². The molecule has 144 valence electrons. The van der Waals surface area contributed by atoms with Crippen molar-refractivity contribution in [1.82, 2.24) is 20.1 Å². The fourth-order valence-electron chi connectivity index (χ4n) is 3.51. The summed E-state index contributed by atoms with van der Waals surface area (Å²) in [6, 6.07) is 3.82. The molecule has 2 aliphatic rings. The van der Waals surface area contributed by atoms with Gasteiger partial charge in [-0.25, -0.2) is 4.98 Å². The average Bonchev–Trinajstić information content (AvgIpc) is 3.40. The lowest BCUT2D eigenvalue weighted by atomic mass is 10.2. The maximum absolute atomic E-state index is 12.5. The van der Waals surface area contributed by atoms with Crippen LogP contribution >= 0.6 is 0 Å². The minimum Gasteiger partial charge on any atom is -0.420 e. The third-order valence-corrected chi connectivity index (χ3v) is 5.05. The van der Waals surface area contributed by atoms with E-state index in [2.05, 4.69) is 20.1 Å². The highest BCUT2D eigenvalue weighted by molar-refractivity contribution is 5.81. The number of pyridine rings is 1. The van der Waals surface area contributed by atoms with Crippen LogP contribution in [-0.4, -0.2) is 64.9 Å². The molecule has 8 heteroatoms. The molecule has 4 rings (SSSR count). The summed E-state index contributed by atoms with van der Waals surface area (Å²) in [4.78, 5) is 21.2. The second kappa shape index (κ2) is 7.64. The van der Waals surface area contributed by atoms with Crippen LogP contribution in [-0.2, 0) is 9.53 Å². The van der Waals surface area contributed by atoms with Crippen molar-refractivity contribution in [1.29, 1.82) is 0 Å². The Balaban J connectivity index is 1.47. The molecule has 4 heterocycles. The normalized spacial score (nSPS) is 20.5. The van der Waals surface area contributed by atoms with E-state index in [1.165, 1.54) is 0 Å². The number of rotatable bonds is 4. The predicted molar refractivity (Wildman–Crippen MR) is 99.4 cm³/mol. The summed E-state index contributed by atoms with van der Waals surface area (Å²) < 4.78 is 11.4. The van der Waals surface area contributed by atoms with Gasteiger partial charge in [-0.05, 0) is 25.0 Å². The van der Waals surface area contributed by atoms with E-state index in [-0.39, 0.29) is 17.9 Å². The van der Waals surface area contributed by atoms with E-state index < -0.39 is 0 Å². The van der Waals surface area contributed by atoms with Gasteiger partial charge in [-0.2, -0.15) is 0 Å². The van der Waals surface area contributed by atoms with Gasteiger partial charge in [0, 0.05) is 44.9 Å². The first kappa shape index (κ1) is 17.9. The first-order valence-electron chi connectivity index (χ1n) is 9.57. The van der Waals surface area contributed by atoms with Gasteiger partial charge in [0.1, 0.15) is 11.9 Å². The zero-order valence-electron chi connectivity index (χ0n) is 15.8. The van der Waals surface area contributed by atoms with E-state index in [1.807, 2.05) is 30.9 Å². The number of carbonyl (C=O) groups excluding carboxylic acids is 1. The third-order valence-electron chi connectivity index (χ3n) is 5.05. The first-order chi connectivity index (χ1) is 13.1. The SMILES string of the molecule is CC(C)c1nnc(-c2cccnc2N2CCN(C(=O)[C@H]3CCCO3)CC2)o1. The van der Waals surface area contributed by atoms with Gasteiger partial charge in [0.15, 0.2) is 0 Å². The van der Waals surface area contributed by atoms with Crippen LogP contribution in [0.25, 0.3) is 11.5 Å². The zero-order valence-corrected chi connectivity index (χ0v) is 15.8. The second-order valence-electron chi connectivity index (χ2n) is 7.29. The largest absolute Gasteiger partial charge is 0.420 e. The van der Waals surface area contributed by atoms with Gasteiger partial charge in [-0.15, -0.1) is 10.2 Å². The van der Waals surface area contributed by atoms with Crippen LogP contribution < -0.4 is 4.90 Å². The molecular weight excluding hydrogens is 346 g/mol. The zero-order chi connectivity index (χ0) is 18.8. The monoisotopic (exact) mass is 371 g/mol. The highest BCUT2D eigenvalue weighted by Gasteiger charge is 2.31. The summed E-state index contributed by atoms with van der Waals surface area (Å²) in [5.41, 5.74) is 0.829. The summed E-state index contributed by atoms with van der Waals surface area (Å²) in [5, 5.41) is 8.32. The van der Waals surface area contributed by atoms with Gasteiger partial charge >= 0.3 is 0 Å². The van der Waals surface area contributed by atoms with E-state index in [4.69, 9.17) is 9.15 Å². The lowest BCUT2D eigenvalue weighted by Crippen LogP contribution is -2.51. The van der Waals surface area contributed by atoms with Gasteiger partial charge in [0.05, 0.1) is 5.56 Å². The summed E-state index contributed by atoms with van der Waals surface area (Å²) in [6.07, 6.45) is 3.31. The summed E-state index contributed by atoms with van der Waals surface area (Å²) in [7, 11) is 0. The summed E-state index contributed by atoms with van der Waals surface area (Å²) >= 11 is 0. The van der Waals surface area contributed by atoms with E-state index in [1.54, 1.807) is 6.20 Å². The first-order valence-corrected chi connectivity index (χ1v) is 9.57. The average molecular weight is 371 g/mol. The Bertz CT molecular complexity index is 792. The number of ether oxygens (including phenoxy) is 1. The van der Waals surface area contributed by atoms with E-state index in [9.17, 15) is 4.79 Å². The van der Waals surface area contributed by atoms with Crippen molar-refractivity contribution in [2.45, 2.75) is 38.7 Å². The molecule has 2 aliphatic heterocycles. The van der Waals surface area contributed by atoms with Gasteiger partial charge in [-0.1, -0.05) is 13.8 Å². The highest BCUT2D eigenvalue weighted by Crippen LogP contribution is 2.30. The van der Waals surface area contributed by atoms with Gasteiger partial charge in [0.2, 0.25) is 5.89 Å². The van der Waals surface area contributed by atoms with Crippen molar-refractivity contribution < 1.29 is 13.9 Å².